The maximum atomic E-state index is 11.9. The van der Waals surface area contributed by atoms with Crippen LogP contribution in [-0.4, -0.2) is 16.0 Å². The second-order valence-corrected chi connectivity index (χ2v) is 4.60. The Bertz CT molecular complexity index is 749. The van der Waals surface area contributed by atoms with Gasteiger partial charge >= 0.3 is 0 Å². The minimum Gasteiger partial charge on any atom is -0.351 e. The van der Waals surface area contributed by atoms with Crippen molar-refractivity contribution in [3.8, 4) is 11.3 Å². The summed E-state index contributed by atoms with van der Waals surface area (Å²) >= 11 is 0. The zero-order chi connectivity index (χ0) is 14.7. The average Bonchev–Trinajstić information content (AvgIpc) is 3.02. The number of carbonyl (C=O) groups excluding carboxylic acids is 1. The summed E-state index contributed by atoms with van der Waals surface area (Å²) in [5.41, 5.74) is 2.98. The summed E-state index contributed by atoms with van der Waals surface area (Å²) in [6.07, 6.45) is 1.42. The molecule has 104 valence electrons. The Kier molecular flexibility index (Phi) is 3.47. The number of aryl methyl sites for hydroxylation is 1. The first-order valence-corrected chi connectivity index (χ1v) is 6.48. The highest BCUT2D eigenvalue weighted by Gasteiger charge is 2.11. The van der Waals surface area contributed by atoms with Crippen LogP contribution in [0.25, 0.3) is 11.3 Å². The van der Waals surface area contributed by atoms with E-state index in [0.29, 0.717) is 5.82 Å². The quantitative estimate of drug-likeness (QED) is 0.798. The second kappa shape index (κ2) is 5.58. The fraction of sp³-hybridized carbons (Fsp3) is 0.0625. The van der Waals surface area contributed by atoms with Crippen LogP contribution in [-0.2, 0) is 0 Å². The molecule has 0 saturated heterocycles. The van der Waals surface area contributed by atoms with Crippen molar-refractivity contribution in [2.24, 2.45) is 0 Å². The summed E-state index contributed by atoms with van der Waals surface area (Å²) in [6.45, 7) is 2.03. The van der Waals surface area contributed by atoms with Crippen molar-refractivity contribution in [2.75, 3.05) is 5.32 Å². The number of nitrogens with zero attached hydrogens (tertiary/aromatic N) is 2. The van der Waals surface area contributed by atoms with E-state index in [1.165, 1.54) is 17.8 Å². The molecule has 0 aliphatic carbocycles. The number of hydrogen-bond donors (Lipinski definition) is 1. The molecule has 0 saturated carbocycles. The normalized spacial score (nSPS) is 10.3. The van der Waals surface area contributed by atoms with Crippen molar-refractivity contribution in [3.63, 3.8) is 0 Å². The van der Waals surface area contributed by atoms with Gasteiger partial charge in [0, 0.05) is 11.6 Å². The number of aromatic nitrogens is 2. The van der Waals surface area contributed by atoms with Crippen LogP contribution in [0.2, 0.25) is 0 Å². The standard InChI is InChI=1S/C16H13N3O2/c1-11-5-7-12(8-6-11)13-3-2-4-15(18-13)19-16(20)14-9-10-17-21-14/h2-10H,1H3,(H,18,19,20). The molecule has 0 unspecified atom stereocenters. The monoisotopic (exact) mass is 279 g/mol. The lowest BCUT2D eigenvalue weighted by Gasteiger charge is -2.05. The van der Waals surface area contributed by atoms with E-state index < -0.39 is 0 Å². The third-order valence-corrected chi connectivity index (χ3v) is 3.00. The van der Waals surface area contributed by atoms with Crippen molar-refractivity contribution in [1.29, 1.82) is 0 Å². The zero-order valence-electron chi connectivity index (χ0n) is 11.4. The van der Waals surface area contributed by atoms with E-state index in [1.807, 2.05) is 43.3 Å². The van der Waals surface area contributed by atoms with Gasteiger partial charge in [-0.25, -0.2) is 4.98 Å². The van der Waals surface area contributed by atoms with E-state index in [9.17, 15) is 4.79 Å². The molecule has 2 aromatic heterocycles. The molecule has 5 nitrogen and oxygen atoms in total. The summed E-state index contributed by atoms with van der Waals surface area (Å²) in [5, 5.41) is 6.18. The molecule has 0 aliphatic rings. The molecule has 1 N–H and O–H groups in total. The molecule has 0 spiro atoms. The van der Waals surface area contributed by atoms with E-state index in [2.05, 4.69) is 15.5 Å². The highest BCUT2D eigenvalue weighted by Crippen LogP contribution is 2.19. The molecule has 2 heterocycles. The molecule has 3 aromatic rings. The Labute approximate surface area is 121 Å². The van der Waals surface area contributed by atoms with Crippen LogP contribution in [0.1, 0.15) is 16.1 Å². The largest absolute Gasteiger partial charge is 0.351 e. The minimum atomic E-state index is -0.374. The predicted molar refractivity (Wildman–Crippen MR) is 78.9 cm³/mol. The van der Waals surface area contributed by atoms with Gasteiger partial charge in [0.05, 0.1) is 11.9 Å². The van der Waals surface area contributed by atoms with Crippen LogP contribution in [0.3, 0.4) is 0 Å². The number of carbonyl (C=O) groups is 1. The van der Waals surface area contributed by atoms with Crippen molar-refractivity contribution in [1.82, 2.24) is 10.1 Å². The minimum absolute atomic E-state index is 0.150. The van der Waals surface area contributed by atoms with Crippen LogP contribution in [0, 0.1) is 6.92 Å². The number of rotatable bonds is 3. The van der Waals surface area contributed by atoms with Gasteiger partial charge in [-0.15, -0.1) is 0 Å². The topological polar surface area (TPSA) is 68.0 Å². The van der Waals surface area contributed by atoms with Gasteiger partial charge in [-0.3, -0.25) is 4.79 Å². The van der Waals surface area contributed by atoms with Gasteiger partial charge in [0.25, 0.3) is 5.91 Å². The van der Waals surface area contributed by atoms with Gasteiger partial charge in [-0.1, -0.05) is 41.1 Å². The highest BCUT2D eigenvalue weighted by atomic mass is 16.5. The first-order valence-electron chi connectivity index (χ1n) is 6.48. The summed E-state index contributed by atoms with van der Waals surface area (Å²) in [7, 11) is 0. The molecule has 0 aliphatic heterocycles. The summed E-state index contributed by atoms with van der Waals surface area (Å²) in [5.74, 6) is 0.244. The van der Waals surface area contributed by atoms with Gasteiger partial charge < -0.3 is 9.84 Å². The molecule has 1 amide bonds. The number of amides is 1. The fourth-order valence-corrected chi connectivity index (χ4v) is 1.90. The van der Waals surface area contributed by atoms with Crippen molar-refractivity contribution in [3.05, 3.63) is 66.1 Å². The predicted octanol–water partition coefficient (Wildman–Crippen LogP) is 3.30. The van der Waals surface area contributed by atoms with Gasteiger partial charge in [0.15, 0.2) is 0 Å². The van der Waals surface area contributed by atoms with E-state index in [-0.39, 0.29) is 11.7 Å². The van der Waals surface area contributed by atoms with Crippen LogP contribution >= 0.6 is 0 Å². The lowest BCUT2D eigenvalue weighted by Crippen LogP contribution is -2.12. The molecule has 0 bridgehead atoms. The Morgan fingerprint density at radius 1 is 1.10 bits per heavy atom. The fourth-order valence-electron chi connectivity index (χ4n) is 1.90. The maximum Gasteiger partial charge on any atom is 0.295 e. The van der Waals surface area contributed by atoms with E-state index in [0.717, 1.165) is 11.3 Å². The van der Waals surface area contributed by atoms with Crippen LogP contribution in [0.4, 0.5) is 5.82 Å². The van der Waals surface area contributed by atoms with E-state index in [1.54, 1.807) is 6.07 Å². The van der Waals surface area contributed by atoms with Gasteiger partial charge in [0.2, 0.25) is 5.76 Å². The van der Waals surface area contributed by atoms with Crippen molar-refractivity contribution >= 4 is 11.7 Å². The lowest BCUT2D eigenvalue weighted by atomic mass is 10.1. The molecule has 1 aromatic carbocycles. The molecule has 5 heteroatoms. The Hall–Kier alpha value is -2.95. The third kappa shape index (κ3) is 2.97. The number of anilines is 1. The number of hydrogen-bond acceptors (Lipinski definition) is 4. The molecule has 3 rings (SSSR count). The molecule has 21 heavy (non-hydrogen) atoms. The maximum absolute atomic E-state index is 11.9. The van der Waals surface area contributed by atoms with E-state index >= 15 is 0 Å². The first-order chi connectivity index (χ1) is 10.2. The average molecular weight is 279 g/mol. The SMILES string of the molecule is Cc1ccc(-c2cccc(NC(=O)c3ccno3)n2)cc1. The number of nitrogens with one attached hydrogen (secondary N) is 1. The summed E-state index contributed by atoms with van der Waals surface area (Å²) < 4.78 is 4.81. The third-order valence-electron chi connectivity index (χ3n) is 3.00. The molecular formula is C16H13N3O2. The van der Waals surface area contributed by atoms with Gasteiger partial charge in [0.1, 0.15) is 5.82 Å². The zero-order valence-corrected chi connectivity index (χ0v) is 11.4. The Balaban J connectivity index is 1.83. The molecular weight excluding hydrogens is 266 g/mol. The van der Waals surface area contributed by atoms with Crippen LogP contribution in [0.15, 0.2) is 59.3 Å². The van der Waals surface area contributed by atoms with Gasteiger partial charge in [-0.2, -0.15) is 0 Å². The Morgan fingerprint density at radius 2 is 1.90 bits per heavy atom. The molecule has 0 radical (unpaired) electrons. The molecule has 0 atom stereocenters. The summed E-state index contributed by atoms with van der Waals surface area (Å²) in [4.78, 5) is 16.3. The summed E-state index contributed by atoms with van der Waals surface area (Å²) in [6, 6.07) is 15.0. The van der Waals surface area contributed by atoms with Crippen LogP contribution in [0.5, 0.6) is 0 Å². The lowest BCUT2D eigenvalue weighted by molar-refractivity contribution is 0.0987. The van der Waals surface area contributed by atoms with Crippen molar-refractivity contribution < 1.29 is 9.32 Å². The smallest absolute Gasteiger partial charge is 0.295 e. The highest BCUT2D eigenvalue weighted by molar-refractivity contribution is 6.01. The van der Waals surface area contributed by atoms with Gasteiger partial charge in [-0.05, 0) is 19.1 Å². The second-order valence-electron chi connectivity index (χ2n) is 4.60. The first kappa shape index (κ1) is 13.1. The Morgan fingerprint density at radius 3 is 2.62 bits per heavy atom. The number of pyridine rings is 1. The van der Waals surface area contributed by atoms with Crippen LogP contribution < -0.4 is 5.32 Å². The van der Waals surface area contributed by atoms with Crippen molar-refractivity contribution in [2.45, 2.75) is 6.92 Å². The number of benzene rings is 1. The molecule has 0 fully saturated rings. The van der Waals surface area contributed by atoms with E-state index in [4.69, 9.17) is 4.52 Å².